The van der Waals surface area contributed by atoms with Crippen LogP contribution in [0.25, 0.3) is 11.2 Å². The van der Waals surface area contributed by atoms with Gasteiger partial charge in [0.2, 0.25) is 17.5 Å². The lowest BCUT2D eigenvalue weighted by Gasteiger charge is -2.37. The number of hydrogen-bond donors (Lipinski definition) is 3. The van der Waals surface area contributed by atoms with Gasteiger partial charge in [-0.2, -0.15) is 4.99 Å². The number of carbonyl (C=O) groups is 3. The van der Waals surface area contributed by atoms with E-state index in [1.807, 2.05) is 41.5 Å². The van der Waals surface area contributed by atoms with Crippen LogP contribution in [0.4, 0.5) is 0 Å². The van der Waals surface area contributed by atoms with E-state index in [1.165, 1.54) is 29.6 Å². The number of amides is 2. The lowest BCUT2D eigenvalue weighted by Crippen LogP contribution is -2.47. The van der Waals surface area contributed by atoms with Crippen molar-refractivity contribution in [2.75, 3.05) is 0 Å². The third-order valence-electron chi connectivity index (χ3n) is 11.1. The Balaban J connectivity index is 1.18. The number of rotatable bonds is 5. The highest BCUT2D eigenvalue weighted by Crippen LogP contribution is 2.46. The molecule has 0 aliphatic carbocycles. The van der Waals surface area contributed by atoms with Crippen LogP contribution >= 0.6 is 0 Å². The number of hydrogen-bond acceptors (Lipinski definition) is 10. The van der Waals surface area contributed by atoms with Crippen molar-refractivity contribution < 1.29 is 33.7 Å². The van der Waals surface area contributed by atoms with Crippen LogP contribution in [0.1, 0.15) is 71.2 Å². The molecular weight excluding hydrogens is 698 g/mol. The van der Waals surface area contributed by atoms with Gasteiger partial charge in [-0.3, -0.25) is 28.8 Å². The summed E-state index contributed by atoms with van der Waals surface area (Å²) in [6.45, 7) is 13.9. The molecule has 0 saturated carbocycles. The van der Waals surface area contributed by atoms with Crippen molar-refractivity contribution in [3.63, 3.8) is 0 Å². The monoisotopic (exact) mass is 743 g/mol. The number of guanidine groups is 1. The average Bonchev–Trinajstić information content (AvgIpc) is 3.55. The van der Waals surface area contributed by atoms with Gasteiger partial charge in [0.05, 0.1) is 6.33 Å². The van der Waals surface area contributed by atoms with Gasteiger partial charge in [0.25, 0.3) is 11.5 Å². The number of benzene rings is 2. The number of nitrogens with one attached hydrogen (secondary N) is 1. The van der Waals surface area contributed by atoms with Crippen molar-refractivity contribution in [3.8, 4) is 23.0 Å². The fourth-order valence-corrected chi connectivity index (χ4v) is 7.24. The molecule has 0 spiro atoms. The Hall–Kier alpha value is -5.93. The zero-order chi connectivity index (χ0) is 39.8. The minimum absolute atomic E-state index is 0.0476. The smallest absolute Gasteiger partial charge is 0.355 e. The van der Waals surface area contributed by atoms with E-state index in [-0.39, 0.29) is 29.9 Å². The first-order valence-corrected chi connectivity index (χ1v) is 17.5. The third-order valence-corrected chi connectivity index (χ3v) is 11.1. The third kappa shape index (κ3) is 5.98. The maximum absolute atomic E-state index is 13.8. The van der Waals surface area contributed by atoms with Crippen LogP contribution in [0.3, 0.4) is 0 Å². The van der Waals surface area contributed by atoms with Gasteiger partial charge >= 0.3 is 11.7 Å². The molecule has 286 valence electrons. The van der Waals surface area contributed by atoms with E-state index < -0.39 is 46.2 Å². The molecule has 4 N–H and O–H groups in total. The highest BCUT2D eigenvalue weighted by molar-refractivity contribution is 6.03. The molecule has 0 bridgehead atoms. The second-order valence-corrected chi connectivity index (χ2v) is 14.7. The van der Waals surface area contributed by atoms with Gasteiger partial charge in [-0.15, -0.1) is 0 Å². The van der Waals surface area contributed by atoms with Gasteiger partial charge in [0, 0.05) is 38.1 Å². The number of ether oxygens (including phenoxy) is 3. The van der Waals surface area contributed by atoms with E-state index in [0.717, 1.165) is 26.8 Å². The van der Waals surface area contributed by atoms with Crippen LogP contribution < -0.4 is 36.5 Å². The van der Waals surface area contributed by atoms with E-state index in [1.54, 1.807) is 13.8 Å². The van der Waals surface area contributed by atoms with Crippen molar-refractivity contribution in [1.29, 1.82) is 0 Å². The molecule has 54 heavy (non-hydrogen) atoms. The van der Waals surface area contributed by atoms with Crippen molar-refractivity contribution in [2.45, 2.75) is 98.8 Å². The molecule has 2 aromatic heterocycles. The van der Waals surface area contributed by atoms with Crippen molar-refractivity contribution in [1.82, 2.24) is 24.0 Å². The van der Waals surface area contributed by atoms with E-state index in [9.17, 15) is 29.1 Å². The molecular formula is C38H45N7O9. The maximum atomic E-state index is 13.8. The molecule has 0 radical (unpaired) electrons. The fraction of sp³-hybridized carbons (Fsp3) is 0.447. The lowest BCUT2D eigenvalue weighted by molar-refractivity contribution is -0.152. The van der Waals surface area contributed by atoms with Crippen molar-refractivity contribution in [2.24, 2.45) is 24.8 Å². The average molecular weight is 744 g/mol. The molecule has 2 aliphatic rings. The molecule has 2 unspecified atom stereocenters. The Kier molecular flexibility index (Phi) is 9.23. The molecule has 2 aliphatic heterocycles. The fourth-order valence-electron chi connectivity index (χ4n) is 7.24. The van der Waals surface area contributed by atoms with Crippen molar-refractivity contribution in [3.05, 3.63) is 71.7 Å². The van der Waals surface area contributed by atoms with E-state index in [0.29, 0.717) is 58.8 Å². The van der Waals surface area contributed by atoms with E-state index in [2.05, 4.69) is 15.3 Å². The second-order valence-electron chi connectivity index (χ2n) is 14.7. The Morgan fingerprint density at radius 1 is 0.889 bits per heavy atom. The first kappa shape index (κ1) is 37.8. The van der Waals surface area contributed by atoms with Gasteiger partial charge in [-0.25, -0.2) is 14.6 Å². The minimum Gasteiger partial charge on any atom is -0.507 e. The Morgan fingerprint density at radius 3 is 2.11 bits per heavy atom. The highest BCUT2D eigenvalue weighted by atomic mass is 16.6. The SMILES string of the molecule is Cc1c(C)c2c(c(C)c1O)CCC(C)(C(=O)Oc1c(C)c(C)c3c(c1C)CCC(C)(C(=O)N=C(N)NC(=O)Cn1cnc4c1c(=O)n(C)c(=O)n4C)O3)O2. The quantitative estimate of drug-likeness (QED) is 0.117. The van der Waals surface area contributed by atoms with Crippen LogP contribution in [0, 0.1) is 41.5 Å². The highest BCUT2D eigenvalue weighted by Gasteiger charge is 2.45. The lowest BCUT2D eigenvalue weighted by atomic mass is 9.86. The summed E-state index contributed by atoms with van der Waals surface area (Å²) in [5, 5.41) is 12.9. The molecule has 0 saturated heterocycles. The zero-order valence-electron chi connectivity index (χ0n) is 32.1. The number of phenolic OH excluding ortho intramolecular Hbond substituents is 1. The normalized spacial score (nSPS) is 19.4. The van der Waals surface area contributed by atoms with Gasteiger partial charge in [0.1, 0.15) is 29.5 Å². The predicted octanol–water partition coefficient (Wildman–Crippen LogP) is 2.42. The number of aryl methyl sites for hydroxylation is 1. The summed E-state index contributed by atoms with van der Waals surface area (Å²) < 4.78 is 22.2. The largest absolute Gasteiger partial charge is 0.507 e. The van der Waals surface area contributed by atoms with Crippen LogP contribution in [-0.2, 0) is 47.9 Å². The molecule has 2 atom stereocenters. The summed E-state index contributed by atoms with van der Waals surface area (Å²) in [6.07, 6.45) is 2.76. The van der Waals surface area contributed by atoms with Gasteiger partial charge < -0.3 is 29.6 Å². The Labute approximate surface area is 310 Å². The molecule has 2 amide bonds. The summed E-state index contributed by atoms with van der Waals surface area (Å²) in [5.41, 5.74) is 8.18. The van der Waals surface area contributed by atoms with Gasteiger partial charge in [-0.1, -0.05) is 0 Å². The summed E-state index contributed by atoms with van der Waals surface area (Å²) in [4.78, 5) is 73.2. The standard InChI is InChI=1S/C38H45N7O9/c1-17-18(2)29-23(21(5)27(17)47)12-14-38(8,54-29)34(50)52-28-19(3)20(4)30-24(22(28)6)11-13-37(7,53-30)33(49)42-35(39)41-25(46)15-45-16-40-31-26(45)32(48)44(10)36(51)43(31)9/h16,47H,11-15H2,1-10H3,(H3,39,41,42,46,49). The van der Waals surface area contributed by atoms with Crippen LogP contribution in [0.15, 0.2) is 20.9 Å². The van der Waals surface area contributed by atoms with Crippen LogP contribution in [0.2, 0.25) is 0 Å². The number of esters is 1. The Bertz CT molecular complexity index is 2470. The summed E-state index contributed by atoms with van der Waals surface area (Å²) in [7, 11) is 2.79. The second kappa shape index (κ2) is 13.2. The summed E-state index contributed by atoms with van der Waals surface area (Å²) in [6, 6.07) is 0. The van der Waals surface area contributed by atoms with Crippen LogP contribution in [-0.4, -0.2) is 58.7 Å². The molecule has 6 rings (SSSR count). The number of carbonyl (C=O) groups excluding carboxylic acids is 3. The van der Waals surface area contributed by atoms with Crippen LogP contribution in [0.5, 0.6) is 23.0 Å². The number of fused-ring (bicyclic) bond motifs is 3. The number of nitrogens with two attached hydrogens (primary N) is 1. The predicted molar refractivity (Wildman–Crippen MR) is 198 cm³/mol. The number of phenols is 1. The molecule has 2 aromatic carbocycles. The maximum Gasteiger partial charge on any atom is 0.355 e. The minimum atomic E-state index is -1.43. The number of aliphatic imine (C=N–C) groups is 1. The molecule has 16 heteroatoms. The zero-order valence-corrected chi connectivity index (χ0v) is 32.1. The first-order chi connectivity index (χ1) is 25.2. The molecule has 4 aromatic rings. The molecule has 4 heterocycles. The first-order valence-electron chi connectivity index (χ1n) is 17.5. The van der Waals surface area contributed by atoms with Gasteiger partial charge in [0.15, 0.2) is 16.8 Å². The van der Waals surface area contributed by atoms with E-state index >= 15 is 0 Å². The topological polar surface area (TPSA) is 211 Å². The molecule has 16 nitrogen and oxygen atoms in total. The summed E-state index contributed by atoms with van der Waals surface area (Å²) in [5.74, 6) is -0.698. The number of aromatic nitrogens is 4. The number of aromatic hydroxyl groups is 1. The van der Waals surface area contributed by atoms with E-state index in [4.69, 9.17) is 19.9 Å². The number of imidazole rings is 1. The number of nitrogens with zero attached hydrogens (tertiary/aromatic N) is 5. The Morgan fingerprint density at radius 2 is 1.46 bits per heavy atom. The molecule has 0 fully saturated rings. The van der Waals surface area contributed by atoms with Gasteiger partial charge in [-0.05, 0) is 102 Å². The summed E-state index contributed by atoms with van der Waals surface area (Å²) >= 11 is 0. The van der Waals surface area contributed by atoms with Crippen molar-refractivity contribution >= 4 is 34.9 Å².